The van der Waals surface area contributed by atoms with Crippen molar-refractivity contribution in [2.24, 2.45) is 0 Å². The van der Waals surface area contributed by atoms with Crippen LogP contribution in [0.3, 0.4) is 0 Å². The van der Waals surface area contributed by atoms with E-state index in [1.165, 1.54) is 10.7 Å². The average molecular weight is 357 g/mol. The van der Waals surface area contributed by atoms with Gasteiger partial charge in [0.25, 0.3) is 5.56 Å². The Hall–Kier alpha value is -2.86. The molecule has 2 aromatic heterocycles. The summed E-state index contributed by atoms with van der Waals surface area (Å²) in [6.07, 6.45) is 0.178. The summed E-state index contributed by atoms with van der Waals surface area (Å²) < 4.78 is 15.4. The molecular weight excluding hydrogens is 343 g/mol. The van der Waals surface area contributed by atoms with E-state index in [0.29, 0.717) is 27.8 Å². The summed E-state index contributed by atoms with van der Waals surface area (Å²) in [5.74, 6) is -0.0279. The van der Waals surface area contributed by atoms with Crippen LogP contribution in [0, 0.1) is 12.7 Å². The summed E-state index contributed by atoms with van der Waals surface area (Å²) in [6.45, 7) is 1.78. The third-order valence-electron chi connectivity index (χ3n) is 4.16. The molecule has 0 spiro atoms. The standard InChI is InChI=1S/C18H14ClFN4O/c1-10-13(8-11-6-7-12(19)9-14(11)20)17(25)24(23-10)18-21-15-4-2-3-5-16(15)22-18/h2-7,9,23H,8H2,1H3,(H,21,22). The fourth-order valence-corrected chi connectivity index (χ4v) is 3.00. The highest BCUT2D eigenvalue weighted by molar-refractivity contribution is 6.30. The molecule has 25 heavy (non-hydrogen) atoms. The highest BCUT2D eigenvalue weighted by Gasteiger charge is 2.16. The summed E-state index contributed by atoms with van der Waals surface area (Å²) in [7, 11) is 0. The summed E-state index contributed by atoms with van der Waals surface area (Å²) in [4.78, 5) is 20.3. The number of aromatic amines is 2. The number of nitrogens with one attached hydrogen (secondary N) is 2. The molecule has 0 unspecified atom stereocenters. The number of imidazole rings is 1. The highest BCUT2D eigenvalue weighted by atomic mass is 35.5. The third kappa shape index (κ3) is 2.74. The second-order valence-corrected chi connectivity index (χ2v) is 6.28. The molecule has 126 valence electrons. The lowest BCUT2D eigenvalue weighted by molar-refractivity contribution is 0.614. The van der Waals surface area contributed by atoms with Crippen molar-refractivity contribution in [3.05, 3.63) is 80.5 Å². The molecule has 0 atom stereocenters. The molecule has 2 heterocycles. The Morgan fingerprint density at radius 2 is 2.04 bits per heavy atom. The molecule has 0 saturated carbocycles. The smallest absolute Gasteiger partial charge is 0.277 e. The molecule has 4 rings (SSSR count). The van der Waals surface area contributed by atoms with Gasteiger partial charge in [-0.3, -0.25) is 9.89 Å². The maximum absolute atomic E-state index is 14.0. The molecule has 0 radical (unpaired) electrons. The van der Waals surface area contributed by atoms with Gasteiger partial charge in [0.2, 0.25) is 5.95 Å². The second-order valence-electron chi connectivity index (χ2n) is 5.85. The van der Waals surface area contributed by atoms with Gasteiger partial charge in [0, 0.05) is 22.7 Å². The number of H-pyrrole nitrogens is 2. The predicted molar refractivity (Wildman–Crippen MR) is 95.0 cm³/mol. The Kier molecular flexibility index (Phi) is 3.69. The zero-order chi connectivity index (χ0) is 17.6. The summed E-state index contributed by atoms with van der Waals surface area (Å²) >= 11 is 5.78. The van der Waals surface area contributed by atoms with Crippen LogP contribution in [0.5, 0.6) is 0 Å². The second kappa shape index (κ2) is 5.89. The van der Waals surface area contributed by atoms with Gasteiger partial charge in [-0.1, -0.05) is 29.8 Å². The predicted octanol–water partition coefficient (Wildman–Crippen LogP) is 3.73. The van der Waals surface area contributed by atoms with Crippen LogP contribution in [0.4, 0.5) is 4.39 Å². The molecule has 0 bridgehead atoms. The summed E-state index contributed by atoms with van der Waals surface area (Å²) in [6, 6.07) is 12.0. The van der Waals surface area contributed by atoms with Crippen molar-refractivity contribution in [3.63, 3.8) is 0 Å². The van der Waals surface area contributed by atoms with Gasteiger partial charge >= 0.3 is 0 Å². The zero-order valence-electron chi connectivity index (χ0n) is 13.3. The number of rotatable bonds is 3. The van der Waals surface area contributed by atoms with Crippen LogP contribution in [-0.2, 0) is 6.42 Å². The number of fused-ring (bicyclic) bond motifs is 1. The monoisotopic (exact) mass is 356 g/mol. The van der Waals surface area contributed by atoms with Crippen LogP contribution >= 0.6 is 11.6 Å². The van der Waals surface area contributed by atoms with E-state index in [-0.39, 0.29) is 12.0 Å². The van der Waals surface area contributed by atoms with Gasteiger partial charge in [-0.15, -0.1) is 0 Å². The first kappa shape index (κ1) is 15.7. The number of para-hydroxylation sites is 2. The summed E-state index contributed by atoms with van der Waals surface area (Å²) in [5, 5.41) is 3.33. The first-order valence-corrected chi connectivity index (χ1v) is 8.10. The van der Waals surface area contributed by atoms with E-state index in [0.717, 1.165) is 11.0 Å². The Morgan fingerprint density at radius 3 is 2.80 bits per heavy atom. The van der Waals surface area contributed by atoms with Crippen LogP contribution in [-0.4, -0.2) is 19.7 Å². The highest BCUT2D eigenvalue weighted by Crippen LogP contribution is 2.18. The minimum absolute atomic E-state index is 0.178. The van der Waals surface area contributed by atoms with E-state index in [1.54, 1.807) is 19.1 Å². The van der Waals surface area contributed by atoms with E-state index in [4.69, 9.17) is 11.6 Å². The van der Waals surface area contributed by atoms with Crippen LogP contribution in [0.1, 0.15) is 16.8 Å². The van der Waals surface area contributed by atoms with Crippen LogP contribution in [0.2, 0.25) is 5.02 Å². The molecular formula is C18H14ClFN4O. The molecule has 2 aromatic carbocycles. The van der Waals surface area contributed by atoms with Gasteiger partial charge in [-0.05, 0) is 36.8 Å². The van der Waals surface area contributed by atoms with Crippen molar-refractivity contribution in [1.82, 2.24) is 19.7 Å². The van der Waals surface area contributed by atoms with Gasteiger partial charge in [0.15, 0.2) is 0 Å². The van der Waals surface area contributed by atoms with Crippen molar-refractivity contribution in [2.45, 2.75) is 13.3 Å². The van der Waals surface area contributed by atoms with Gasteiger partial charge in [-0.2, -0.15) is 4.68 Å². The van der Waals surface area contributed by atoms with Gasteiger partial charge in [0.1, 0.15) is 5.82 Å². The van der Waals surface area contributed by atoms with Crippen molar-refractivity contribution in [3.8, 4) is 5.95 Å². The molecule has 5 nitrogen and oxygen atoms in total. The van der Waals surface area contributed by atoms with Gasteiger partial charge in [0.05, 0.1) is 11.0 Å². The van der Waals surface area contributed by atoms with Crippen LogP contribution in [0.25, 0.3) is 17.0 Å². The summed E-state index contributed by atoms with van der Waals surface area (Å²) in [5.41, 5.74) is 2.91. The van der Waals surface area contributed by atoms with Crippen molar-refractivity contribution < 1.29 is 4.39 Å². The SMILES string of the molecule is Cc1[nH]n(-c2nc3ccccc3[nH]2)c(=O)c1Cc1ccc(Cl)cc1F. The molecule has 0 saturated heterocycles. The molecule has 0 fully saturated rings. The van der Waals surface area contributed by atoms with E-state index >= 15 is 0 Å². The maximum atomic E-state index is 14.0. The fraction of sp³-hybridized carbons (Fsp3) is 0.111. The number of aryl methyl sites for hydroxylation is 1. The molecule has 0 aliphatic rings. The normalized spacial score (nSPS) is 11.3. The quantitative estimate of drug-likeness (QED) is 0.587. The largest absolute Gasteiger partial charge is 0.322 e. The lowest BCUT2D eigenvalue weighted by Crippen LogP contribution is -2.19. The van der Waals surface area contributed by atoms with Gasteiger partial charge in [-0.25, -0.2) is 9.37 Å². The lowest BCUT2D eigenvalue weighted by Gasteiger charge is -2.02. The Balaban J connectivity index is 1.77. The fourth-order valence-electron chi connectivity index (χ4n) is 2.84. The van der Waals surface area contributed by atoms with E-state index in [9.17, 15) is 9.18 Å². The number of aromatic nitrogens is 4. The van der Waals surface area contributed by atoms with E-state index in [1.807, 2.05) is 24.3 Å². The minimum Gasteiger partial charge on any atom is -0.322 e. The maximum Gasteiger partial charge on any atom is 0.277 e. The number of benzene rings is 2. The van der Waals surface area contributed by atoms with E-state index < -0.39 is 5.82 Å². The first-order chi connectivity index (χ1) is 12.0. The lowest BCUT2D eigenvalue weighted by atomic mass is 10.1. The Bertz CT molecular complexity index is 1110. The van der Waals surface area contributed by atoms with E-state index in [2.05, 4.69) is 15.1 Å². The molecule has 2 N–H and O–H groups in total. The minimum atomic E-state index is -0.428. The van der Waals surface area contributed by atoms with Crippen molar-refractivity contribution in [1.29, 1.82) is 0 Å². The topological polar surface area (TPSA) is 66.5 Å². The number of hydrogen-bond acceptors (Lipinski definition) is 2. The third-order valence-corrected chi connectivity index (χ3v) is 4.40. The van der Waals surface area contributed by atoms with Crippen molar-refractivity contribution >= 4 is 22.6 Å². The number of hydrogen-bond donors (Lipinski definition) is 2. The zero-order valence-corrected chi connectivity index (χ0v) is 14.1. The Morgan fingerprint density at radius 1 is 1.24 bits per heavy atom. The Labute approximate surface area is 147 Å². The van der Waals surface area contributed by atoms with Crippen molar-refractivity contribution in [2.75, 3.05) is 0 Å². The number of nitrogens with zero attached hydrogens (tertiary/aromatic N) is 2. The first-order valence-electron chi connectivity index (χ1n) is 7.72. The van der Waals surface area contributed by atoms with Crippen LogP contribution in [0.15, 0.2) is 47.3 Å². The molecule has 7 heteroatoms. The van der Waals surface area contributed by atoms with Gasteiger partial charge < -0.3 is 4.98 Å². The number of halogens is 2. The average Bonchev–Trinajstić information content (AvgIpc) is 3.12. The molecule has 0 aliphatic carbocycles. The molecule has 4 aromatic rings. The molecule has 0 amide bonds. The van der Waals surface area contributed by atoms with Crippen LogP contribution < -0.4 is 5.56 Å². The molecule has 0 aliphatic heterocycles.